The average Bonchev–Trinajstić information content (AvgIpc) is 2.43. The molecule has 0 bridgehead atoms. The molecule has 0 aromatic heterocycles. The fourth-order valence-corrected chi connectivity index (χ4v) is 2.42. The van der Waals surface area contributed by atoms with Gasteiger partial charge in [0.25, 0.3) is 5.69 Å². The minimum atomic E-state index is -0.573. The van der Waals surface area contributed by atoms with Crippen molar-refractivity contribution in [2.24, 2.45) is 0 Å². The molecule has 0 spiro atoms. The first kappa shape index (κ1) is 18.6. The second-order valence-electron chi connectivity index (χ2n) is 5.00. The van der Waals surface area contributed by atoms with E-state index in [4.69, 9.17) is 11.6 Å². The Morgan fingerprint density at radius 3 is 2.95 bits per heavy atom. The van der Waals surface area contributed by atoms with Crippen LogP contribution in [0, 0.1) is 10.1 Å². The molecular formula is C13H18Cl2N4O3. The van der Waals surface area contributed by atoms with Crippen LogP contribution in [0.15, 0.2) is 18.2 Å². The topological polar surface area (TPSA) is 87.5 Å². The summed E-state index contributed by atoms with van der Waals surface area (Å²) >= 11 is 5.73. The summed E-state index contributed by atoms with van der Waals surface area (Å²) in [6.07, 6.45) is 0. The number of hydrogen-bond donors (Lipinski definition) is 2. The minimum absolute atomic E-state index is 0. The zero-order valence-corrected chi connectivity index (χ0v) is 13.6. The van der Waals surface area contributed by atoms with E-state index < -0.39 is 4.92 Å². The Hall–Kier alpha value is -1.41. The lowest BCUT2D eigenvalue weighted by Crippen LogP contribution is -2.51. The Morgan fingerprint density at radius 2 is 2.32 bits per heavy atom. The second-order valence-corrected chi connectivity index (χ2v) is 5.40. The first-order valence-electron chi connectivity index (χ1n) is 6.66. The Kier molecular flexibility index (Phi) is 7.02. The highest BCUT2D eigenvalue weighted by Gasteiger charge is 2.21. The fourth-order valence-electron chi connectivity index (χ4n) is 2.23. The highest BCUT2D eigenvalue weighted by Crippen LogP contribution is 2.27. The van der Waals surface area contributed by atoms with Gasteiger partial charge in [0.1, 0.15) is 5.02 Å². The Balaban J connectivity index is 0.00000242. The maximum Gasteiger partial charge on any atom is 0.289 e. The van der Waals surface area contributed by atoms with Crippen molar-refractivity contribution in [1.82, 2.24) is 10.2 Å². The quantitative estimate of drug-likeness (QED) is 0.640. The summed E-state index contributed by atoms with van der Waals surface area (Å²) in [7, 11) is 0. The van der Waals surface area contributed by atoms with Crippen LogP contribution in [0.25, 0.3) is 0 Å². The van der Waals surface area contributed by atoms with E-state index in [1.807, 2.05) is 6.92 Å². The van der Waals surface area contributed by atoms with Crippen molar-refractivity contribution in [3.63, 3.8) is 0 Å². The van der Waals surface area contributed by atoms with E-state index in [0.717, 1.165) is 19.6 Å². The van der Waals surface area contributed by atoms with Gasteiger partial charge in [0.2, 0.25) is 5.91 Å². The lowest BCUT2D eigenvalue weighted by Gasteiger charge is -2.33. The zero-order valence-electron chi connectivity index (χ0n) is 12.0. The van der Waals surface area contributed by atoms with E-state index in [1.54, 1.807) is 6.07 Å². The average molecular weight is 349 g/mol. The van der Waals surface area contributed by atoms with E-state index in [1.165, 1.54) is 12.1 Å². The summed E-state index contributed by atoms with van der Waals surface area (Å²) in [6.45, 7) is 4.81. The van der Waals surface area contributed by atoms with Gasteiger partial charge in [-0.3, -0.25) is 19.8 Å². The van der Waals surface area contributed by atoms with Gasteiger partial charge in [0.05, 0.1) is 11.5 Å². The number of nitrogens with zero attached hydrogens (tertiary/aromatic N) is 2. The van der Waals surface area contributed by atoms with Gasteiger partial charge in [0.15, 0.2) is 0 Å². The molecule has 2 rings (SSSR count). The molecule has 9 heteroatoms. The number of carbonyl (C=O) groups excluding carboxylic acids is 1. The van der Waals surface area contributed by atoms with E-state index in [-0.39, 0.29) is 41.6 Å². The minimum Gasteiger partial charge on any atom is -0.325 e. The maximum absolute atomic E-state index is 12.0. The molecule has 1 aliphatic rings. The maximum atomic E-state index is 12.0. The van der Waals surface area contributed by atoms with E-state index >= 15 is 0 Å². The van der Waals surface area contributed by atoms with E-state index in [2.05, 4.69) is 15.5 Å². The summed E-state index contributed by atoms with van der Waals surface area (Å²) < 4.78 is 0. The van der Waals surface area contributed by atoms with Gasteiger partial charge in [-0.25, -0.2) is 0 Å². The van der Waals surface area contributed by atoms with Crippen molar-refractivity contribution in [3.05, 3.63) is 33.3 Å². The lowest BCUT2D eigenvalue weighted by atomic mass is 10.2. The van der Waals surface area contributed by atoms with Crippen LogP contribution in [-0.2, 0) is 4.79 Å². The van der Waals surface area contributed by atoms with Gasteiger partial charge in [-0.1, -0.05) is 11.6 Å². The molecule has 1 aliphatic heterocycles. The summed E-state index contributed by atoms with van der Waals surface area (Å²) in [4.78, 5) is 24.3. The van der Waals surface area contributed by atoms with Crippen LogP contribution in [0.4, 0.5) is 11.4 Å². The number of rotatable bonds is 4. The SMILES string of the molecule is C[C@@H]1CNCCN1CC(=O)Nc1ccc(Cl)c([N+](=O)[O-])c1.Cl. The number of carbonyl (C=O) groups is 1. The van der Waals surface area contributed by atoms with Gasteiger partial charge in [-0.15, -0.1) is 12.4 Å². The molecule has 1 heterocycles. The molecule has 1 aromatic rings. The molecule has 1 atom stereocenters. The number of amides is 1. The third-order valence-electron chi connectivity index (χ3n) is 3.41. The van der Waals surface area contributed by atoms with Crippen molar-refractivity contribution in [3.8, 4) is 0 Å². The number of nitro groups is 1. The number of piperazine rings is 1. The third-order valence-corrected chi connectivity index (χ3v) is 3.73. The van der Waals surface area contributed by atoms with Crippen molar-refractivity contribution >= 4 is 41.3 Å². The molecule has 122 valence electrons. The molecule has 1 amide bonds. The molecule has 0 unspecified atom stereocenters. The van der Waals surface area contributed by atoms with Crippen LogP contribution in [0.1, 0.15) is 6.92 Å². The second kappa shape index (κ2) is 8.28. The molecule has 1 aromatic carbocycles. The zero-order chi connectivity index (χ0) is 15.4. The highest BCUT2D eigenvalue weighted by molar-refractivity contribution is 6.32. The molecule has 0 aliphatic carbocycles. The Bertz CT molecular complexity index is 556. The van der Waals surface area contributed by atoms with Gasteiger partial charge >= 0.3 is 0 Å². The first-order chi connectivity index (χ1) is 9.97. The Labute approximate surface area is 139 Å². The molecule has 0 saturated carbocycles. The number of halogens is 2. The Morgan fingerprint density at radius 1 is 1.59 bits per heavy atom. The molecule has 0 radical (unpaired) electrons. The van der Waals surface area contributed by atoms with Crippen LogP contribution >= 0.6 is 24.0 Å². The van der Waals surface area contributed by atoms with E-state index in [0.29, 0.717) is 5.69 Å². The number of nitrogens with one attached hydrogen (secondary N) is 2. The molecule has 2 N–H and O–H groups in total. The smallest absolute Gasteiger partial charge is 0.289 e. The number of benzene rings is 1. The predicted molar refractivity (Wildman–Crippen MR) is 87.9 cm³/mol. The number of nitro benzene ring substituents is 1. The number of hydrogen-bond acceptors (Lipinski definition) is 5. The highest BCUT2D eigenvalue weighted by atomic mass is 35.5. The summed E-state index contributed by atoms with van der Waals surface area (Å²) in [5.74, 6) is -0.194. The standard InChI is InChI=1S/C13H17ClN4O3.ClH/c1-9-7-15-4-5-17(9)8-13(19)16-10-2-3-11(14)12(6-10)18(20)21;/h2-3,6,9,15H,4-5,7-8H2,1H3,(H,16,19);1H/t9-;/m1./s1. The van der Waals surface area contributed by atoms with Gasteiger partial charge in [-0.2, -0.15) is 0 Å². The van der Waals surface area contributed by atoms with Crippen molar-refractivity contribution in [2.45, 2.75) is 13.0 Å². The van der Waals surface area contributed by atoms with Crippen LogP contribution in [0.3, 0.4) is 0 Å². The largest absolute Gasteiger partial charge is 0.325 e. The van der Waals surface area contributed by atoms with Crippen LogP contribution in [0.2, 0.25) is 5.02 Å². The van der Waals surface area contributed by atoms with Gasteiger partial charge < -0.3 is 10.6 Å². The summed E-state index contributed by atoms with van der Waals surface area (Å²) in [6, 6.07) is 4.50. The van der Waals surface area contributed by atoms with Crippen molar-refractivity contribution in [2.75, 3.05) is 31.5 Å². The monoisotopic (exact) mass is 348 g/mol. The van der Waals surface area contributed by atoms with Crippen molar-refractivity contribution in [1.29, 1.82) is 0 Å². The molecular weight excluding hydrogens is 331 g/mol. The number of anilines is 1. The van der Waals surface area contributed by atoms with Crippen LogP contribution in [-0.4, -0.2) is 48.0 Å². The predicted octanol–water partition coefficient (Wildman–Crippen LogP) is 1.90. The van der Waals surface area contributed by atoms with Gasteiger partial charge in [0, 0.05) is 37.4 Å². The lowest BCUT2D eigenvalue weighted by molar-refractivity contribution is -0.384. The summed E-state index contributed by atoms with van der Waals surface area (Å²) in [5, 5.41) is 16.8. The molecule has 1 saturated heterocycles. The van der Waals surface area contributed by atoms with Crippen molar-refractivity contribution < 1.29 is 9.72 Å². The summed E-state index contributed by atoms with van der Waals surface area (Å²) in [5.41, 5.74) is 0.156. The normalized spacial score (nSPS) is 18.4. The van der Waals surface area contributed by atoms with Crippen LogP contribution < -0.4 is 10.6 Å². The first-order valence-corrected chi connectivity index (χ1v) is 7.03. The third kappa shape index (κ3) is 4.81. The molecule has 1 fully saturated rings. The van der Waals surface area contributed by atoms with Crippen LogP contribution in [0.5, 0.6) is 0 Å². The molecule has 7 nitrogen and oxygen atoms in total. The van der Waals surface area contributed by atoms with E-state index in [9.17, 15) is 14.9 Å². The fraction of sp³-hybridized carbons (Fsp3) is 0.462. The van der Waals surface area contributed by atoms with Gasteiger partial charge in [-0.05, 0) is 19.1 Å². The molecule has 22 heavy (non-hydrogen) atoms.